The number of rotatable bonds is 2. The van der Waals surface area contributed by atoms with Crippen LogP contribution in [0.5, 0.6) is 11.5 Å². The van der Waals surface area contributed by atoms with Crippen molar-refractivity contribution in [3.05, 3.63) is 58.4 Å². The lowest BCUT2D eigenvalue weighted by atomic mass is 10.1. The molecule has 2 aromatic carbocycles. The average molecular weight is 361 g/mol. The molecule has 0 spiro atoms. The van der Waals surface area contributed by atoms with Gasteiger partial charge in [-0.05, 0) is 37.3 Å². The Labute approximate surface area is 153 Å². The number of ether oxygens (including phenoxy) is 2. The smallest absolute Gasteiger partial charge is 0.263 e. The van der Waals surface area contributed by atoms with Crippen LogP contribution in [0.2, 0.25) is 0 Å². The van der Waals surface area contributed by atoms with Crippen molar-refractivity contribution in [2.75, 3.05) is 6.79 Å². The van der Waals surface area contributed by atoms with Crippen LogP contribution in [0.3, 0.4) is 0 Å². The van der Waals surface area contributed by atoms with E-state index >= 15 is 0 Å². The summed E-state index contributed by atoms with van der Waals surface area (Å²) in [6.07, 6.45) is 1.72. The molecule has 0 N–H and O–H groups in total. The van der Waals surface area contributed by atoms with Crippen LogP contribution >= 0.6 is 0 Å². The van der Waals surface area contributed by atoms with E-state index in [0.717, 1.165) is 16.6 Å². The summed E-state index contributed by atoms with van der Waals surface area (Å²) in [5, 5.41) is 4.65. The molecular weight excluding hydrogens is 346 g/mol. The molecule has 0 saturated heterocycles. The zero-order valence-electron chi connectivity index (χ0n) is 14.7. The van der Waals surface area contributed by atoms with E-state index in [9.17, 15) is 4.79 Å². The first-order valence-corrected chi connectivity index (χ1v) is 8.44. The lowest BCUT2D eigenvalue weighted by Gasteiger charge is -2.07. The van der Waals surface area contributed by atoms with E-state index in [1.807, 2.05) is 42.8 Å². The fourth-order valence-corrected chi connectivity index (χ4v) is 3.24. The molecule has 1 aliphatic rings. The van der Waals surface area contributed by atoms with Crippen molar-refractivity contribution in [3.8, 4) is 34.3 Å². The van der Waals surface area contributed by atoms with Crippen molar-refractivity contribution in [2.45, 2.75) is 6.92 Å². The van der Waals surface area contributed by atoms with Gasteiger partial charge in [-0.1, -0.05) is 16.8 Å². The number of aryl methyl sites for hydroxylation is 2. The molecule has 5 rings (SSSR count). The van der Waals surface area contributed by atoms with Gasteiger partial charge in [0.05, 0.1) is 5.52 Å². The summed E-state index contributed by atoms with van der Waals surface area (Å²) in [4.78, 5) is 17.4. The highest BCUT2D eigenvalue weighted by molar-refractivity contribution is 5.83. The Balaban J connectivity index is 1.62. The van der Waals surface area contributed by atoms with E-state index in [4.69, 9.17) is 14.0 Å². The number of hydrogen-bond donors (Lipinski definition) is 0. The van der Waals surface area contributed by atoms with Gasteiger partial charge in [-0.3, -0.25) is 4.79 Å². The third kappa shape index (κ3) is 2.47. The van der Waals surface area contributed by atoms with Crippen molar-refractivity contribution in [3.63, 3.8) is 0 Å². The summed E-state index contributed by atoms with van der Waals surface area (Å²) in [6.45, 7) is 2.15. The normalized spacial score (nSPS) is 12.7. The van der Waals surface area contributed by atoms with Crippen molar-refractivity contribution < 1.29 is 14.0 Å². The van der Waals surface area contributed by atoms with Crippen LogP contribution in [-0.4, -0.2) is 21.5 Å². The van der Waals surface area contributed by atoms with Gasteiger partial charge in [0.1, 0.15) is 5.56 Å². The van der Waals surface area contributed by atoms with E-state index < -0.39 is 0 Å². The van der Waals surface area contributed by atoms with Gasteiger partial charge >= 0.3 is 0 Å². The van der Waals surface area contributed by atoms with Gasteiger partial charge in [0.15, 0.2) is 11.5 Å². The number of hydrogen-bond acceptors (Lipinski definition) is 6. The molecule has 0 bridgehead atoms. The molecular formula is C20H15N3O4. The zero-order chi connectivity index (χ0) is 18.5. The molecule has 7 nitrogen and oxygen atoms in total. The summed E-state index contributed by atoms with van der Waals surface area (Å²) in [5.41, 5.74) is 2.83. The predicted molar refractivity (Wildman–Crippen MR) is 98.8 cm³/mol. The number of benzene rings is 2. The molecule has 4 aromatic rings. The molecule has 0 unspecified atom stereocenters. The summed E-state index contributed by atoms with van der Waals surface area (Å²) in [7, 11) is 1.88. The Bertz CT molecular complexity index is 1260. The van der Waals surface area contributed by atoms with Crippen LogP contribution in [0.15, 0.2) is 51.9 Å². The van der Waals surface area contributed by atoms with Crippen LogP contribution in [0.1, 0.15) is 5.56 Å². The third-order valence-electron chi connectivity index (χ3n) is 4.63. The standard InChI is InChI=1S/C20H15N3O4/c1-11-3-5-15-13(7-11)18(24)14(9-23(15)2)20-21-19(22-27-20)12-4-6-16-17(8-12)26-10-25-16/h3-9H,10H2,1-2H3. The molecule has 0 amide bonds. The van der Waals surface area contributed by atoms with E-state index in [-0.39, 0.29) is 18.1 Å². The lowest BCUT2D eigenvalue weighted by Crippen LogP contribution is -2.10. The third-order valence-corrected chi connectivity index (χ3v) is 4.63. The van der Waals surface area contributed by atoms with Crippen LogP contribution in [0.4, 0.5) is 0 Å². The predicted octanol–water partition coefficient (Wildman–Crippen LogP) is 3.29. The molecule has 0 aliphatic carbocycles. The molecule has 0 atom stereocenters. The molecule has 3 heterocycles. The van der Waals surface area contributed by atoms with Gasteiger partial charge in [0, 0.05) is 24.2 Å². The van der Waals surface area contributed by atoms with Gasteiger partial charge in [0.25, 0.3) is 5.89 Å². The summed E-state index contributed by atoms with van der Waals surface area (Å²) < 4.78 is 18.0. The maximum absolute atomic E-state index is 13.0. The SMILES string of the molecule is Cc1ccc2c(c1)c(=O)c(-c1nc(-c3ccc4c(c3)OCO4)no1)cn2C. The topological polar surface area (TPSA) is 79.4 Å². The van der Waals surface area contributed by atoms with Gasteiger partial charge in [-0.25, -0.2) is 0 Å². The Hall–Kier alpha value is -3.61. The first-order valence-electron chi connectivity index (χ1n) is 8.44. The molecule has 134 valence electrons. The maximum Gasteiger partial charge on any atom is 0.263 e. The molecule has 27 heavy (non-hydrogen) atoms. The second kappa shape index (κ2) is 5.70. The minimum atomic E-state index is -0.132. The van der Waals surface area contributed by atoms with Crippen LogP contribution < -0.4 is 14.9 Å². The Morgan fingerprint density at radius 1 is 1.07 bits per heavy atom. The number of nitrogens with zero attached hydrogens (tertiary/aromatic N) is 3. The van der Waals surface area contributed by atoms with Crippen molar-refractivity contribution in [1.82, 2.24) is 14.7 Å². The average Bonchev–Trinajstić information content (AvgIpc) is 3.33. The van der Waals surface area contributed by atoms with Crippen molar-refractivity contribution >= 4 is 10.9 Å². The number of fused-ring (bicyclic) bond motifs is 2. The second-order valence-corrected chi connectivity index (χ2v) is 6.49. The lowest BCUT2D eigenvalue weighted by molar-refractivity contribution is 0.174. The molecule has 7 heteroatoms. The largest absolute Gasteiger partial charge is 0.454 e. The number of pyridine rings is 1. The second-order valence-electron chi connectivity index (χ2n) is 6.49. The Kier molecular flexibility index (Phi) is 3.30. The van der Waals surface area contributed by atoms with E-state index in [2.05, 4.69) is 10.1 Å². The van der Waals surface area contributed by atoms with E-state index in [0.29, 0.717) is 28.3 Å². The van der Waals surface area contributed by atoms with Crippen LogP contribution in [-0.2, 0) is 7.05 Å². The monoisotopic (exact) mass is 361 g/mol. The van der Waals surface area contributed by atoms with Crippen molar-refractivity contribution in [1.29, 1.82) is 0 Å². The van der Waals surface area contributed by atoms with E-state index in [1.165, 1.54) is 0 Å². The molecule has 0 fully saturated rings. The zero-order valence-corrected chi connectivity index (χ0v) is 14.7. The van der Waals surface area contributed by atoms with Gasteiger partial charge in [-0.15, -0.1) is 0 Å². The van der Waals surface area contributed by atoms with Crippen LogP contribution in [0, 0.1) is 6.92 Å². The number of aromatic nitrogens is 3. The molecule has 0 saturated carbocycles. The highest BCUT2D eigenvalue weighted by Crippen LogP contribution is 2.35. The minimum Gasteiger partial charge on any atom is -0.454 e. The summed E-state index contributed by atoms with van der Waals surface area (Å²) in [6, 6.07) is 11.2. The molecule has 1 aliphatic heterocycles. The highest BCUT2D eigenvalue weighted by Gasteiger charge is 2.19. The van der Waals surface area contributed by atoms with E-state index in [1.54, 1.807) is 18.3 Å². The Morgan fingerprint density at radius 3 is 2.81 bits per heavy atom. The first-order chi connectivity index (χ1) is 13.1. The van der Waals surface area contributed by atoms with Gasteiger partial charge < -0.3 is 18.6 Å². The quantitative estimate of drug-likeness (QED) is 0.545. The fraction of sp³-hybridized carbons (Fsp3) is 0.150. The maximum atomic E-state index is 13.0. The fourth-order valence-electron chi connectivity index (χ4n) is 3.24. The van der Waals surface area contributed by atoms with Gasteiger partial charge in [-0.2, -0.15) is 4.98 Å². The molecule has 2 aromatic heterocycles. The minimum absolute atomic E-state index is 0.132. The highest BCUT2D eigenvalue weighted by atomic mass is 16.7. The molecule has 0 radical (unpaired) electrons. The summed E-state index contributed by atoms with van der Waals surface area (Å²) >= 11 is 0. The summed E-state index contributed by atoms with van der Waals surface area (Å²) in [5.74, 6) is 1.89. The van der Waals surface area contributed by atoms with Crippen molar-refractivity contribution in [2.24, 2.45) is 7.05 Å². The van der Waals surface area contributed by atoms with Gasteiger partial charge in [0.2, 0.25) is 18.0 Å². The first kappa shape index (κ1) is 15.6. The Morgan fingerprint density at radius 2 is 1.93 bits per heavy atom. The van der Waals surface area contributed by atoms with Crippen LogP contribution in [0.25, 0.3) is 33.7 Å².